The van der Waals surface area contributed by atoms with Crippen LogP contribution in [0.4, 0.5) is 4.79 Å². The molecular weight excluding hydrogens is 1080 g/mol. The summed E-state index contributed by atoms with van der Waals surface area (Å²) < 4.78 is 15.1. The maximum absolute atomic E-state index is 14.5. The molecule has 1 aliphatic rings. The maximum atomic E-state index is 14.5. The molecule has 2 aromatic carbocycles. The minimum absolute atomic E-state index is 0.000254. The number of ether oxygens (including phenoxy) is 3. The van der Waals surface area contributed by atoms with Gasteiger partial charge in [-0.1, -0.05) is 60.7 Å². The molecule has 3 rings (SSSR count). The molecule has 1 heterocycles. The molecule has 1 saturated heterocycles. The normalized spacial score (nSPS) is 15.7. The third-order valence-corrected chi connectivity index (χ3v) is 13.4. The molecular formula is C55H78N8O19. The van der Waals surface area contributed by atoms with Crippen LogP contribution in [0.2, 0.25) is 0 Å². The number of carboxylic acids is 4. The fourth-order valence-corrected chi connectivity index (χ4v) is 9.06. The fraction of sp³-hybridized carbons (Fsp3) is 0.564. The number of carboxylic acid groups (broad SMARTS) is 4. The van der Waals surface area contributed by atoms with E-state index >= 15 is 0 Å². The molecule has 27 heteroatoms. The van der Waals surface area contributed by atoms with Crippen LogP contribution in [0, 0.1) is 5.92 Å². The number of carbonyl (C=O) groups excluding carboxylic acids is 8. The number of nitrogens with zero attached hydrogens (tertiary/aromatic N) is 4. The number of rotatable bonds is 40. The first-order chi connectivity index (χ1) is 39.3. The van der Waals surface area contributed by atoms with Gasteiger partial charge in [-0.25, -0.2) is 9.59 Å². The molecule has 2 unspecified atom stereocenters. The Hall–Kier alpha value is -7.88. The van der Waals surface area contributed by atoms with E-state index in [-0.39, 0.29) is 160 Å². The highest BCUT2D eigenvalue weighted by atomic mass is 16.5. The number of ketones is 2. The third-order valence-electron chi connectivity index (χ3n) is 13.4. The van der Waals surface area contributed by atoms with Crippen LogP contribution in [0.3, 0.4) is 0 Å². The van der Waals surface area contributed by atoms with E-state index in [0.29, 0.717) is 38.9 Å². The van der Waals surface area contributed by atoms with Gasteiger partial charge in [0.2, 0.25) is 11.8 Å². The Labute approximate surface area is 475 Å². The number of hydrogen-bond acceptors (Lipinski definition) is 19. The summed E-state index contributed by atoms with van der Waals surface area (Å²) in [6.45, 7) is 2.14. The van der Waals surface area contributed by atoms with E-state index in [9.17, 15) is 72.9 Å². The second-order valence-electron chi connectivity index (χ2n) is 19.8. The van der Waals surface area contributed by atoms with E-state index in [1.54, 1.807) is 9.80 Å². The highest BCUT2D eigenvalue weighted by molar-refractivity contribution is 5.88. The molecule has 5 atom stereocenters. The number of Topliss-reactive ketones (excluding diaryl/α,β-unsaturated/α-hetero) is 2. The van der Waals surface area contributed by atoms with Gasteiger partial charge in [0, 0.05) is 103 Å². The van der Waals surface area contributed by atoms with Crippen LogP contribution < -0.4 is 21.3 Å². The van der Waals surface area contributed by atoms with Crippen molar-refractivity contribution in [3.05, 3.63) is 71.8 Å². The van der Waals surface area contributed by atoms with Crippen molar-refractivity contribution in [3.8, 4) is 0 Å². The second kappa shape index (κ2) is 39.5. The zero-order valence-electron chi connectivity index (χ0n) is 46.0. The summed E-state index contributed by atoms with van der Waals surface area (Å²) in [5.74, 6) is -6.99. The molecule has 4 amide bonds. The Balaban J connectivity index is 1.64. The van der Waals surface area contributed by atoms with Crippen LogP contribution in [0.1, 0.15) is 81.8 Å². The molecule has 0 bridgehead atoms. The summed E-state index contributed by atoms with van der Waals surface area (Å²) >= 11 is 0. The van der Waals surface area contributed by atoms with E-state index in [1.807, 2.05) is 70.5 Å². The predicted octanol–water partition coefficient (Wildman–Crippen LogP) is 0.517. The SMILES string of the molecule is O=COCN1CCN(CC(=O)O)CCN(CC(=O)O)CCN(CC(=O)CC(Cc2ccccc2)C(=O)NC(CC[C@H](CCC(=O)NCCCC(=O)CC[C@H](NC(=O)N[C@@H](CCC(=O)O)OC=O)C(=O)O)OC=O)Cc2ccccc2)CC1. The van der Waals surface area contributed by atoms with E-state index in [1.165, 1.54) is 0 Å². The van der Waals surface area contributed by atoms with Gasteiger partial charge in [0.25, 0.3) is 19.4 Å². The van der Waals surface area contributed by atoms with Gasteiger partial charge in [-0.15, -0.1) is 0 Å². The Bertz CT molecular complexity index is 2350. The lowest BCUT2D eigenvalue weighted by Gasteiger charge is -2.33. The molecule has 2 aromatic rings. The van der Waals surface area contributed by atoms with Crippen molar-refractivity contribution in [1.29, 1.82) is 0 Å². The molecule has 82 heavy (non-hydrogen) atoms. The van der Waals surface area contributed by atoms with Gasteiger partial charge >= 0.3 is 29.9 Å². The lowest BCUT2D eigenvalue weighted by molar-refractivity contribution is -0.141. The van der Waals surface area contributed by atoms with Crippen LogP contribution >= 0.6 is 0 Å². The zero-order valence-corrected chi connectivity index (χ0v) is 46.0. The van der Waals surface area contributed by atoms with Crippen LogP contribution in [-0.4, -0.2) is 222 Å². The summed E-state index contributed by atoms with van der Waals surface area (Å²) in [5.41, 5.74) is 1.72. The molecule has 0 spiro atoms. The average molecular weight is 1160 g/mol. The molecule has 0 aliphatic carbocycles. The standard InChI is InChI=1S/C55H78N8O19/c64-37-80-36-63-28-26-60(22-23-61(34-51(72)73)24-25-62(27-29-63)35-52(74)75)33-45(68)32-42(30-40-8-3-1-4-9-40)53(76)57-43(31-41-10-5-2-6-11-41)13-15-46(81-38-65)16-18-48(69)56-21-7-12-44(67)14-17-47(54(77)78)58-55(79)59-49(82-39-66)19-20-50(70)71/h1-6,8-11,37-39,42-43,46-47,49H,7,12-36H2,(H,56,69)(H,57,76)(H,70,71)(H,72,73)(H,74,75)(H,77,78)(H2,58,59,79)/t42?,43?,46-,47+,49-/m1/s1. The number of nitrogens with one attached hydrogen (secondary N) is 4. The number of hydrogen-bond donors (Lipinski definition) is 8. The van der Waals surface area contributed by atoms with E-state index < -0.39 is 72.6 Å². The minimum Gasteiger partial charge on any atom is -0.481 e. The zero-order chi connectivity index (χ0) is 60.1. The van der Waals surface area contributed by atoms with Gasteiger partial charge in [-0.05, 0) is 56.1 Å². The summed E-state index contributed by atoms with van der Waals surface area (Å²) in [5, 5.41) is 47.8. The van der Waals surface area contributed by atoms with Crippen molar-refractivity contribution in [1.82, 2.24) is 40.9 Å². The van der Waals surface area contributed by atoms with Crippen LogP contribution in [0.15, 0.2) is 60.7 Å². The largest absolute Gasteiger partial charge is 0.481 e. The van der Waals surface area contributed by atoms with Crippen molar-refractivity contribution < 1.29 is 92.2 Å². The maximum Gasteiger partial charge on any atom is 0.326 e. The summed E-state index contributed by atoms with van der Waals surface area (Å²) in [6.07, 6.45) is -2.08. The van der Waals surface area contributed by atoms with Crippen molar-refractivity contribution >= 4 is 72.7 Å². The van der Waals surface area contributed by atoms with Crippen molar-refractivity contribution in [2.75, 3.05) is 85.3 Å². The van der Waals surface area contributed by atoms with Gasteiger partial charge in [-0.2, -0.15) is 0 Å². The van der Waals surface area contributed by atoms with Crippen LogP contribution in [0.5, 0.6) is 0 Å². The van der Waals surface area contributed by atoms with E-state index in [0.717, 1.165) is 11.1 Å². The van der Waals surface area contributed by atoms with Gasteiger partial charge in [0.15, 0.2) is 6.23 Å². The lowest BCUT2D eigenvalue weighted by atomic mass is 9.91. The summed E-state index contributed by atoms with van der Waals surface area (Å²) in [7, 11) is 0. The smallest absolute Gasteiger partial charge is 0.326 e. The number of aliphatic carboxylic acids is 4. The minimum atomic E-state index is -1.50. The highest BCUT2D eigenvalue weighted by Gasteiger charge is 2.29. The number of urea groups is 1. The monoisotopic (exact) mass is 1150 g/mol. The first kappa shape index (κ1) is 68.4. The van der Waals surface area contributed by atoms with Gasteiger partial charge in [-0.3, -0.25) is 67.5 Å². The Morgan fingerprint density at radius 3 is 1.63 bits per heavy atom. The fourth-order valence-electron chi connectivity index (χ4n) is 9.06. The number of amides is 4. The highest BCUT2D eigenvalue weighted by Crippen LogP contribution is 2.19. The molecule has 0 radical (unpaired) electrons. The first-order valence-electron chi connectivity index (χ1n) is 27.1. The molecule has 0 saturated carbocycles. The summed E-state index contributed by atoms with van der Waals surface area (Å²) in [4.78, 5) is 153. The third kappa shape index (κ3) is 30.6. The summed E-state index contributed by atoms with van der Waals surface area (Å²) in [6, 6.07) is 15.5. The second-order valence-corrected chi connectivity index (χ2v) is 19.8. The van der Waals surface area contributed by atoms with Crippen molar-refractivity contribution in [2.45, 2.75) is 108 Å². The quantitative estimate of drug-likeness (QED) is 0.0195. The topological polar surface area (TPSA) is 375 Å². The molecule has 27 nitrogen and oxygen atoms in total. The molecule has 1 fully saturated rings. The van der Waals surface area contributed by atoms with Crippen LogP contribution in [0.25, 0.3) is 0 Å². The molecule has 1 aliphatic heterocycles. The van der Waals surface area contributed by atoms with Crippen molar-refractivity contribution in [3.63, 3.8) is 0 Å². The Morgan fingerprint density at radius 1 is 0.537 bits per heavy atom. The number of benzene rings is 2. The van der Waals surface area contributed by atoms with Crippen molar-refractivity contribution in [2.24, 2.45) is 5.92 Å². The Kier molecular flexibility index (Phi) is 32.9. The van der Waals surface area contributed by atoms with Gasteiger partial charge in [0.1, 0.15) is 30.4 Å². The van der Waals surface area contributed by atoms with E-state index in [4.69, 9.17) is 14.6 Å². The lowest BCUT2D eigenvalue weighted by Crippen LogP contribution is -2.49. The first-order valence-corrected chi connectivity index (χ1v) is 27.1. The number of carbonyl (C=O) groups is 12. The van der Waals surface area contributed by atoms with Gasteiger partial charge < -0.3 is 55.9 Å². The predicted molar refractivity (Wildman–Crippen MR) is 290 cm³/mol. The molecule has 0 aromatic heterocycles. The molecule has 8 N–H and O–H groups in total. The Morgan fingerprint density at radius 2 is 1.10 bits per heavy atom. The van der Waals surface area contributed by atoms with E-state index in [2.05, 4.69) is 26.0 Å². The van der Waals surface area contributed by atoms with Crippen LogP contribution in [-0.2, 0) is 79.8 Å². The van der Waals surface area contributed by atoms with Gasteiger partial charge in [0.05, 0.1) is 26.1 Å². The molecule has 452 valence electrons. The average Bonchev–Trinajstić information content (AvgIpc) is 3.43.